The second-order valence-electron chi connectivity index (χ2n) is 7.03. The number of ether oxygens (including phenoxy) is 1. The number of aliphatic hydroxyl groups excluding tert-OH is 1. The Kier molecular flexibility index (Phi) is 6.55. The van der Waals surface area contributed by atoms with Crippen LogP contribution in [0.25, 0.3) is 0 Å². The van der Waals surface area contributed by atoms with Gasteiger partial charge in [-0.1, -0.05) is 6.07 Å². The molecule has 1 aliphatic rings. The molecule has 1 heterocycles. The molecule has 26 heavy (non-hydrogen) atoms. The molecule has 0 saturated carbocycles. The average molecular weight is 367 g/mol. The molecular weight excluding hydrogens is 341 g/mol. The van der Waals surface area contributed by atoms with E-state index in [4.69, 9.17) is 4.74 Å². The van der Waals surface area contributed by atoms with Crippen LogP contribution in [0.4, 0.5) is 4.39 Å². The molecule has 0 radical (unpaired) electrons. The number of hydrogen-bond donors (Lipinski definition) is 3. The minimum atomic E-state index is -0.769. The summed E-state index contributed by atoms with van der Waals surface area (Å²) in [5, 5.41) is 14.7. The Morgan fingerprint density at radius 2 is 2.23 bits per heavy atom. The van der Waals surface area contributed by atoms with Gasteiger partial charge in [-0.05, 0) is 19.9 Å². The molecule has 1 aromatic rings. The van der Waals surface area contributed by atoms with Gasteiger partial charge in [0.2, 0.25) is 11.8 Å². The molecule has 1 aliphatic heterocycles. The van der Waals surface area contributed by atoms with Gasteiger partial charge in [0.1, 0.15) is 11.6 Å². The lowest BCUT2D eigenvalue weighted by Crippen LogP contribution is -2.57. The first kappa shape index (κ1) is 20.1. The van der Waals surface area contributed by atoms with E-state index in [-0.39, 0.29) is 31.4 Å². The molecule has 3 N–H and O–H groups in total. The fraction of sp³-hybridized carbons (Fsp3) is 0.556. The largest absolute Gasteiger partial charge is 0.497 e. The van der Waals surface area contributed by atoms with Crippen LogP contribution >= 0.6 is 0 Å². The number of carbonyl (C=O) groups is 2. The molecule has 2 rings (SSSR count). The summed E-state index contributed by atoms with van der Waals surface area (Å²) < 4.78 is 19.2. The maximum absolute atomic E-state index is 14.2. The van der Waals surface area contributed by atoms with Gasteiger partial charge in [-0.2, -0.15) is 0 Å². The maximum atomic E-state index is 14.2. The summed E-state index contributed by atoms with van der Waals surface area (Å²) in [6.07, 6.45) is -0.0625. The van der Waals surface area contributed by atoms with Crippen LogP contribution < -0.4 is 15.4 Å². The average Bonchev–Trinajstić information content (AvgIpc) is 2.59. The number of nitrogens with one attached hydrogen (secondary N) is 2. The van der Waals surface area contributed by atoms with Crippen LogP contribution in [0.2, 0.25) is 0 Å². The van der Waals surface area contributed by atoms with Crippen molar-refractivity contribution in [2.24, 2.45) is 0 Å². The Hall–Kier alpha value is -2.19. The van der Waals surface area contributed by atoms with Crippen LogP contribution in [0.1, 0.15) is 25.8 Å². The second kappa shape index (κ2) is 8.46. The quantitative estimate of drug-likeness (QED) is 0.650. The molecule has 8 heteroatoms. The first-order chi connectivity index (χ1) is 12.3. The van der Waals surface area contributed by atoms with E-state index in [0.717, 1.165) is 0 Å². The topological polar surface area (TPSA) is 90.9 Å². The van der Waals surface area contributed by atoms with E-state index in [1.165, 1.54) is 13.2 Å². The highest BCUT2D eigenvalue weighted by Gasteiger charge is 2.33. The van der Waals surface area contributed by atoms with Crippen molar-refractivity contribution in [3.8, 4) is 5.75 Å². The zero-order valence-corrected chi connectivity index (χ0v) is 15.3. The fourth-order valence-electron chi connectivity index (χ4n) is 2.82. The number of methoxy groups -OCH3 is 1. The summed E-state index contributed by atoms with van der Waals surface area (Å²) in [6.45, 7) is 4.34. The van der Waals surface area contributed by atoms with E-state index in [1.807, 2.05) is 0 Å². The number of piperazine rings is 1. The molecule has 1 aromatic carbocycles. The molecular formula is C18H26FN3O4. The highest BCUT2D eigenvalue weighted by Crippen LogP contribution is 2.20. The number of benzene rings is 1. The number of amides is 2. The van der Waals surface area contributed by atoms with Crippen molar-refractivity contribution < 1.29 is 23.8 Å². The van der Waals surface area contributed by atoms with E-state index in [0.29, 0.717) is 24.4 Å². The van der Waals surface area contributed by atoms with Crippen molar-refractivity contribution in [2.75, 3.05) is 26.8 Å². The van der Waals surface area contributed by atoms with Gasteiger partial charge in [-0.3, -0.25) is 14.5 Å². The number of halogens is 1. The molecule has 0 aromatic heterocycles. The number of aliphatic hydroxyl groups is 1. The van der Waals surface area contributed by atoms with Gasteiger partial charge in [-0.25, -0.2) is 4.39 Å². The molecule has 1 atom stereocenters. The van der Waals surface area contributed by atoms with Crippen molar-refractivity contribution in [3.05, 3.63) is 29.6 Å². The Labute approximate surface area is 152 Å². The van der Waals surface area contributed by atoms with Crippen molar-refractivity contribution >= 4 is 11.8 Å². The Morgan fingerprint density at radius 3 is 2.85 bits per heavy atom. The predicted molar refractivity (Wildman–Crippen MR) is 94.1 cm³/mol. The Morgan fingerprint density at radius 1 is 1.50 bits per heavy atom. The van der Waals surface area contributed by atoms with Crippen LogP contribution in [-0.4, -0.2) is 60.2 Å². The van der Waals surface area contributed by atoms with Crippen molar-refractivity contribution in [2.45, 2.75) is 38.4 Å². The van der Waals surface area contributed by atoms with Crippen LogP contribution in [-0.2, 0) is 16.1 Å². The predicted octanol–water partition coefficient (Wildman–Crippen LogP) is 0.412. The zero-order valence-electron chi connectivity index (χ0n) is 15.3. The van der Waals surface area contributed by atoms with Gasteiger partial charge in [-0.15, -0.1) is 0 Å². The summed E-state index contributed by atoms with van der Waals surface area (Å²) in [5.74, 6) is -0.599. The van der Waals surface area contributed by atoms with E-state index in [2.05, 4.69) is 10.6 Å². The molecule has 144 valence electrons. The summed E-state index contributed by atoms with van der Waals surface area (Å²) in [4.78, 5) is 26.3. The lowest BCUT2D eigenvalue weighted by Gasteiger charge is -2.35. The van der Waals surface area contributed by atoms with Crippen molar-refractivity contribution in [3.63, 3.8) is 0 Å². The third-order valence-corrected chi connectivity index (χ3v) is 4.33. The summed E-state index contributed by atoms with van der Waals surface area (Å²) in [6, 6.07) is 3.88. The van der Waals surface area contributed by atoms with Gasteiger partial charge in [0, 0.05) is 31.3 Å². The van der Waals surface area contributed by atoms with Crippen molar-refractivity contribution in [1.29, 1.82) is 0 Å². The van der Waals surface area contributed by atoms with E-state index >= 15 is 0 Å². The highest BCUT2D eigenvalue weighted by molar-refractivity contribution is 5.89. The zero-order chi connectivity index (χ0) is 19.3. The second-order valence-corrected chi connectivity index (χ2v) is 7.03. The standard InChI is InChI=1S/C18H26FN3O4/c1-18(2,11-23)21-16(24)9-15-17(25)20-6-7-22(15)10-12-4-5-13(26-3)8-14(12)19/h4-5,8,15,23H,6-7,9-11H2,1-3H3,(H,20,25)(H,21,24)/t15-/m1/s1. The van der Waals surface area contributed by atoms with E-state index < -0.39 is 17.4 Å². The first-order valence-corrected chi connectivity index (χ1v) is 8.52. The van der Waals surface area contributed by atoms with Crippen LogP contribution in [0.15, 0.2) is 18.2 Å². The number of rotatable bonds is 7. The SMILES string of the molecule is COc1ccc(CN2CCNC(=O)[C@H]2CC(=O)NC(C)(C)CO)c(F)c1. The number of hydrogen-bond acceptors (Lipinski definition) is 5. The molecule has 0 spiro atoms. The van der Waals surface area contributed by atoms with Gasteiger partial charge in [0.05, 0.1) is 31.7 Å². The molecule has 2 amide bonds. The van der Waals surface area contributed by atoms with Gasteiger partial charge < -0.3 is 20.5 Å². The normalized spacial score (nSPS) is 18.3. The minimum Gasteiger partial charge on any atom is -0.497 e. The molecule has 1 fully saturated rings. The molecule has 0 unspecified atom stereocenters. The van der Waals surface area contributed by atoms with Gasteiger partial charge in [0.15, 0.2) is 0 Å². The van der Waals surface area contributed by atoms with Crippen LogP contribution in [0.5, 0.6) is 5.75 Å². The summed E-state index contributed by atoms with van der Waals surface area (Å²) in [7, 11) is 1.46. The lowest BCUT2D eigenvalue weighted by atomic mass is 10.0. The lowest BCUT2D eigenvalue weighted by molar-refractivity contribution is -0.135. The summed E-state index contributed by atoms with van der Waals surface area (Å²) in [5.41, 5.74) is -0.337. The molecule has 0 bridgehead atoms. The van der Waals surface area contributed by atoms with Gasteiger partial charge >= 0.3 is 0 Å². The molecule has 1 saturated heterocycles. The third-order valence-electron chi connectivity index (χ3n) is 4.33. The van der Waals surface area contributed by atoms with E-state index in [1.54, 1.807) is 30.9 Å². The van der Waals surface area contributed by atoms with Gasteiger partial charge in [0.25, 0.3) is 0 Å². The van der Waals surface area contributed by atoms with E-state index in [9.17, 15) is 19.1 Å². The summed E-state index contributed by atoms with van der Waals surface area (Å²) >= 11 is 0. The number of carbonyl (C=O) groups excluding carboxylic acids is 2. The molecule has 7 nitrogen and oxygen atoms in total. The first-order valence-electron chi connectivity index (χ1n) is 8.52. The monoisotopic (exact) mass is 367 g/mol. The highest BCUT2D eigenvalue weighted by atomic mass is 19.1. The smallest absolute Gasteiger partial charge is 0.237 e. The Bertz CT molecular complexity index is 666. The van der Waals surface area contributed by atoms with Crippen molar-refractivity contribution in [1.82, 2.24) is 15.5 Å². The fourth-order valence-corrected chi connectivity index (χ4v) is 2.82. The van der Waals surface area contributed by atoms with Crippen LogP contribution in [0.3, 0.4) is 0 Å². The molecule has 0 aliphatic carbocycles. The third kappa shape index (κ3) is 5.15. The minimum absolute atomic E-state index is 0.0625. The van der Waals surface area contributed by atoms with Crippen LogP contribution in [0, 0.1) is 5.82 Å². The number of nitrogens with zero attached hydrogens (tertiary/aromatic N) is 1. The maximum Gasteiger partial charge on any atom is 0.237 e. The Balaban J connectivity index is 2.10.